The Kier molecular flexibility index (Phi) is 9.85. The van der Waals surface area contributed by atoms with Crippen LogP contribution in [0.3, 0.4) is 0 Å². The fraction of sp³-hybridized carbons (Fsp3) is 0.556. The van der Waals surface area contributed by atoms with Gasteiger partial charge in [-0.2, -0.15) is 0 Å². The van der Waals surface area contributed by atoms with E-state index in [-0.39, 0.29) is 23.0 Å². The molecule has 0 bridgehead atoms. The van der Waals surface area contributed by atoms with Crippen LogP contribution in [0.15, 0.2) is 25.3 Å². The molecule has 1 atom stereocenters. The van der Waals surface area contributed by atoms with E-state index in [2.05, 4.69) is 13.2 Å². The Bertz CT molecular complexity index is 100. The number of allylic oxidation sites excluding steroid dienone is 2. The van der Waals surface area contributed by atoms with Crippen LogP contribution in [0.25, 0.3) is 0 Å². The van der Waals surface area contributed by atoms with Gasteiger partial charge < -0.3 is 5.73 Å². The molecule has 0 aromatic rings. The molecule has 0 saturated carbocycles. The van der Waals surface area contributed by atoms with Crippen LogP contribution >= 0.6 is 17.0 Å². The fourth-order valence-electron chi connectivity index (χ4n) is 0.954. The molecule has 2 N–H and O–H groups in total. The van der Waals surface area contributed by atoms with Gasteiger partial charge in [-0.3, -0.25) is 0 Å². The Morgan fingerprint density at radius 3 is 1.82 bits per heavy atom. The summed E-state index contributed by atoms with van der Waals surface area (Å²) in [5.41, 5.74) is 5.71. The number of hydrogen-bond acceptors (Lipinski definition) is 1. The molecule has 0 fully saturated rings. The number of rotatable bonds is 5. The maximum absolute atomic E-state index is 5.71. The fourth-order valence-corrected chi connectivity index (χ4v) is 0.954. The molecule has 0 aliphatic carbocycles. The zero-order chi connectivity index (χ0) is 7.98. The lowest BCUT2D eigenvalue weighted by Gasteiger charge is -2.16. The molecule has 0 rings (SSSR count). The maximum Gasteiger partial charge on any atom is 0.00446 e. The highest BCUT2D eigenvalue weighted by Gasteiger charge is 2.08. The van der Waals surface area contributed by atoms with Gasteiger partial charge in [0.25, 0.3) is 0 Å². The van der Waals surface area contributed by atoms with Gasteiger partial charge in [0, 0.05) is 6.04 Å². The van der Waals surface area contributed by atoms with E-state index in [0.717, 1.165) is 12.8 Å². The Labute approximate surface area is 80.1 Å². The van der Waals surface area contributed by atoms with Crippen molar-refractivity contribution in [2.45, 2.75) is 25.8 Å². The minimum absolute atomic E-state index is 0. The number of nitrogens with two attached hydrogens (primary N) is 1. The van der Waals surface area contributed by atoms with Crippen molar-refractivity contribution in [1.82, 2.24) is 0 Å². The van der Waals surface area contributed by atoms with Gasteiger partial charge in [0.2, 0.25) is 0 Å². The monoisotopic (exact) mass is 219 g/mol. The van der Waals surface area contributed by atoms with Crippen molar-refractivity contribution < 1.29 is 0 Å². The first kappa shape index (κ1) is 13.5. The van der Waals surface area contributed by atoms with E-state index in [1.54, 1.807) is 0 Å². The molecule has 0 aromatic carbocycles. The molecule has 0 aromatic heterocycles. The molecule has 0 aliphatic heterocycles. The lowest BCUT2D eigenvalue weighted by atomic mass is 9.95. The molecule has 0 aliphatic rings. The number of hydrogen-bond donors (Lipinski definition) is 1. The zero-order valence-electron chi connectivity index (χ0n) is 7.12. The standard InChI is InChI=1S/C9H17N.BrH/c1-4-6-9(7-5-2)8(3)10;/h4-5,8-9H,1-2,6-7,10H2,3H3;1H. The summed E-state index contributed by atoms with van der Waals surface area (Å²) in [6.45, 7) is 9.38. The van der Waals surface area contributed by atoms with Crippen LogP contribution in [0.4, 0.5) is 0 Å². The predicted octanol–water partition coefficient (Wildman–Crippen LogP) is 2.68. The van der Waals surface area contributed by atoms with E-state index >= 15 is 0 Å². The summed E-state index contributed by atoms with van der Waals surface area (Å²) in [7, 11) is 0. The second-order valence-electron chi connectivity index (χ2n) is 2.67. The highest BCUT2D eigenvalue weighted by molar-refractivity contribution is 8.93. The highest BCUT2D eigenvalue weighted by Crippen LogP contribution is 2.12. The lowest BCUT2D eigenvalue weighted by molar-refractivity contribution is 0.454. The van der Waals surface area contributed by atoms with E-state index in [1.807, 2.05) is 19.1 Å². The predicted molar refractivity (Wildman–Crippen MR) is 57.1 cm³/mol. The first-order valence-corrected chi connectivity index (χ1v) is 3.69. The largest absolute Gasteiger partial charge is 0.328 e. The summed E-state index contributed by atoms with van der Waals surface area (Å²) in [6.07, 6.45) is 5.81. The van der Waals surface area contributed by atoms with Crippen molar-refractivity contribution in [2.24, 2.45) is 11.7 Å². The van der Waals surface area contributed by atoms with Crippen LogP contribution < -0.4 is 5.73 Å². The molecule has 0 heterocycles. The van der Waals surface area contributed by atoms with E-state index in [1.165, 1.54) is 0 Å². The summed E-state index contributed by atoms with van der Waals surface area (Å²) in [4.78, 5) is 0. The molecule has 0 saturated heterocycles. The molecule has 1 unspecified atom stereocenters. The van der Waals surface area contributed by atoms with Gasteiger partial charge >= 0.3 is 0 Å². The molecule has 0 amide bonds. The molecular weight excluding hydrogens is 202 g/mol. The topological polar surface area (TPSA) is 26.0 Å². The third kappa shape index (κ3) is 6.32. The summed E-state index contributed by atoms with van der Waals surface area (Å²) >= 11 is 0. The normalized spacial score (nSPS) is 11.9. The van der Waals surface area contributed by atoms with Gasteiger partial charge in [-0.15, -0.1) is 30.1 Å². The zero-order valence-corrected chi connectivity index (χ0v) is 8.84. The first-order chi connectivity index (χ1) is 4.72. The third-order valence-corrected chi connectivity index (χ3v) is 1.68. The highest BCUT2D eigenvalue weighted by atomic mass is 79.9. The van der Waals surface area contributed by atoms with Gasteiger partial charge in [-0.1, -0.05) is 12.2 Å². The van der Waals surface area contributed by atoms with Crippen LogP contribution in [-0.4, -0.2) is 6.04 Å². The summed E-state index contributed by atoms with van der Waals surface area (Å²) in [5, 5.41) is 0. The van der Waals surface area contributed by atoms with Crippen molar-refractivity contribution in [2.75, 3.05) is 0 Å². The van der Waals surface area contributed by atoms with Crippen molar-refractivity contribution in [3.05, 3.63) is 25.3 Å². The molecule has 11 heavy (non-hydrogen) atoms. The quantitative estimate of drug-likeness (QED) is 0.708. The number of halogens is 1. The molecular formula is C9H18BrN. The molecule has 2 heteroatoms. The van der Waals surface area contributed by atoms with Gasteiger partial charge in [0.05, 0.1) is 0 Å². The van der Waals surface area contributed by atoms with Crippen LogP contribution in [0, 0.1) is 5.92 Å². The van der Waals surface area contributed by atoms with Gasteiger partial charge in [-0.25, -0.2) is 0 Å². The van der Waals surface area contributed by atoms with Gasteiger partial charge in [0.1, 0.15) is 0 Å². The average molecular weight is 220 g/mol. The minimum Gasteiger partial charge on any atom is -0.328 e. The molecule has 66 valence electrons. The minimum atomic E-state index is 0. The second-order valence-corrected chi connectivity index (χ2v) is 2.67. The Hall–Kier alpha value is -0.0800. The summed E-state index contributed by atoms with van der Waals surface area (Å²) < 4.78 is 0. The maximum atomic E-state index is 5.71. The first-order valence-electron chi connectivity index (χ1n) is 3.69. The second kappa shape index (κ2) is 8.02. The van der Waals surface area contributed by atoms with Crippen LogP contribution in [0.1, 0.15) is 19.8 Å². The van der Waals surface area contributed by atoms with Crippen molar-refractivity contribution in [1.29, 1.82) is 0 Å². The van der Waals surface area contributed by atoms with Crippen LogP contribution in [0.5, 0.6) is 0 Å². The van der Waals surface area contributed by atoms with Gasteiger partial charge in [0.15, 0.2) is 0 Å². The third-order valence-electron chi connectivity index (χ3n) is 1.68. The van der Waals surface area contributed by atoms with E-state index < -0.39 is 0 Å². The van der Waals surface area contributed by atoms with Crippen molar-refractivity contribution in [3.63, 3.8) is 0 Å². The summed E-state index contributed by atoms with van der Waals surface area (Å²) in [5.74, 6) is 0.523. The van der Waals surface area contributed by atoms with Crippen LogP contribution in [-0.2, 0) is 0 Å². The Balaban J connectivity index is 0. The van der Waals surface area contributed by atoms with E-state index in [0.29, 0.717) is 5.92 Å². The molecule has 1 nitrogen and oxygen atoms in total. The molecule has 0 radical (unpaired) electrons. The SMILES string of the molecule is Br.C=CCC(CC=C)C(C)N. The Morgan fingerprint density at radius 2 is 1.64 bits per heavy atom. The average Bonchev–Trinajstić information content (AvgIpc) is 1.87. The Morgan fingerprint density at radius 1 is 1.27 bits per heavy atom. The van der Waals surface area contributed by atoms with Crippen LogP contribution in [0.2, 0.25) is 0 Å². The van der Waals surface area contributed by atoms with E-state index in [4.69, 9.17) is 5.73 Å². The lowest BCUT2D eigenvalue weighted by Crippen LogP contribution is -2.25. The van der Waals surface area contributed by atoms with E-state index in [9.17, 15) is 0 Å². The van der Waals surface area contributed by atoms with Gasteiger partial charge in [-0.05, 0) is 25.7 Å². The summed E-state index contributed by atoms with van der Waals surface area (Å²) in [6, 6.07) is 0.246. The smallest absolute Gasteiger partial charge is 0.00446 e. The van der Waals surface area contributed by atoms with Crippen molar-refractivity contribution in [3.8, 4) is 0 Å². The van der Waals surface area contributed by atoms with Crippen molar-refractivity contribution >= 4 is 17.0 Å². The molecule has 0 spiro atoms.